The molecule has 1 N–H and O–H groups in total. The molecule has 2 aliphatic heterocycles. The Kier molecular flexibility index (Phi) is 2.49. The van der Waals surface area contributed by atoms with Crippen molar-refractivity contribution in [3.63, 3.8) is 0 Å². The molecule has 1 aromatic rings. The lowest BCUT2D eigenvalue weighted by Gasteiger charge is -2.26. The van der Waals surface area contributed by atoms with Crippen molar-refractivity contribution in [2.24, 2.45) is 0 Å². The van der Waals surface area contributed by atoms with E-state index < -0.39 is 0 Å². The van der Waals surface area contributed by atoms with Crippen molar-refractivity contribution >= 4 is 11.6 Å². The van der Waals surface area contributed by atoms with Crippen LogP contribution in [0.5, 0.6) is 0 Å². The van der Waals surface area contributed by atoms with E-state index in [4.69, 9.17) is 11.6 Å². The Labute approximate surface area is 101 Å². The number of aromatic nitrogens is 1. The average Bonchev–Trinajstić information content (AvgIpc) is 2.56. The van der Waals surface area contributed by atoms with Crippen LogP contribution in [0.1, 0.15) is 31.2 Å². The number of hydrogen-bond donors (Lipinski definition) is 1. The summed E-state index contributed by atoms with van der Waals surface area (Å²) in [6, 6.07) is 4.62. The van der Waals surface area contributed by atoms with Gasteiger partial charge < -0.3 is 5.32 Å². The molecule has 16 heavy (non-hydrogen) atoms. The lowest BCUT2D eigenvalue weighted by Crippen LogP contribution is -2.38. The van der Waals surface area contributed by atoms with Crippen molar-refractivity contribution in [1.82, 2.24) is 10.3 Å². The van der Waals surface area contributed by atoms with Gasteiger partial charge in [0.2, 0.25) is 0 Å². The highest BCUT2D eigenvalue weighted by Gasteiger charge is 2.38. The number of pyridine rings is 1. The standard InChI is InChI=1S/C13H15ClN2/c14-12-5-4-10(9-15-12)13-7-2-1-3-11(16-13)6-8-13/h2,4-5,7,9,11,16H,1,3,6,8H2. The third kappa shape index (κ3) is 1.66. The van der Waals surface area contributed by atoms with Gasteiger partial charge in [-0.15, -0.1) is 0 Å². The van der Waals surface area contributed by atoms with Gasteiger partial charge in [0.15, 0.2) is 0 Å². The molecule has 2 aliphatic rings. The van der Waals surface area contributed by atoms with Gasteiger partial charge in [-0.25, -0.2) is 4.98 Å². The van der Waals surface area contributed by atoms with Crippen LogP contribution in [0.25, 0.3) is 0 Å². The van der Waals surface area contributed by atoms with Crippen LogP contribution in [-0.4, -0.2) is 11.0 Å². The second kappa shape index (κ2) is 3.86. The number of nitrogens with zero attached hydrogens (tertiary/aromatic N) is 1. The number of halogens is 1. The Hall–Kier alpha value is -0.860. The highest BCUT2D eigenvalue weighted by atomic mass is 35.5. The first kappa shape index (κ1) is 10.3. The third-order valence-electron chi connectivity index (χ3n) is 3.68. The van der Waals surface area contributed by atoms with Crippen molar-refractivity contribution in [3.8, 4) is 0 Å². The number of fused-ring (bicyclic) bond motifs is 2. The number of hydrogen-bond acceptors (Lipinski definition) is 2. The maximum Gasteiger partial charge on any atom is 0.129 e. The van der Waals surface area contributed by atoms with Crippen molar-refractivity contribution in [2.45, 2.75) is 37.3 Å². The summed E-state index contributed by atoms with van der Waals surface area (Å²) in [4.78, 5) is 4.19. The van der Waals surface area contributed by atoms with Crippen LogP contribution in [0, 0.1) is 0 Å². The normalized spacial score (nSPS) is 32.7. The molecular weight excluding hydrogens is 220 g/mol. The van der Waals surface area contributed by atoms with Gasteiger partial charge in [0.25, 0.3) is 0 Å². The average molecular weight is 235 g/mol. The summed E-state index contributed by atoms with van der Waals surface area (Å²) in [5.74, 6) is 0. The molecule has 3 heteroatoms. The topological polar surface area (TPSA) is 24.9 Å². The predicted molar refractivity (Wildman–Crippen MR) is 65.5 cm³/mol. The van der Waals surface area contributed by atoms with Crippen molar-refractivity contribution in [1.29, 1.82) is 0 Å². The molecule has 3 heterocycles. The quantitative estimate of drug-likeness (QED) is 0.597. The molecule has 1 aromatic heterocycles. The fourth-order valence-electron chi connectivity index (χ4n) is 2.80. The summed E-state index contributed by atoms with van der Waals surface area (Å²) in [5, 5.41) is 4.29. The maximum absolute atomic E-state index is 5.83. The van der Waals surface area contributed by atoms with Gasteiger partial charge in [0, 0.05) is 12.2 Å². The molecule has 2 nitrogen and oxygen atoms in total. The monoisotopic (exact) mass is 234 g/mol. The summed E-state index contributed by atoms with van der Waals surface area (Å²) in [7, 11) is 0. The second-order valence-electron chi connectivity index (χ2n) is 4.70. The fourth-order valence-corrected chi connectivity index (χ4v) is 2.92. The smallest absolute Gasteiger partial charge is 0.129 e. The van der Waals surface area contributed by atoms with Crippen molar-refractivity contribution < 1.29 is 0 Å². The van der Waals surface area contributed by atoms with E-state index in [9.17, 15) is 0 Å². The first-order valence-corrected chi connectivity index (χ1v) is 6.24. The minimum Gasteiger partial charge on any atom is -0.301 e. The van der Waals surface area contributed by atoms with E-state index in [0.717, 1.165) is 6.42 Å². The first-order chi connectivity index (χ1) is 7.78. The van der Waals surface area contributed by atoms with Crippen molar-refractivity contribution in [3.05, 3.63) is 41.2 Å². The van der Waals surface area contributed by atoms with E-state index in [1.807, 2.05) is 12.3 Å². The Morgan fingerprint density at radius 3 is 3.12 bits per heavy atom. The zero-order chi connectivity index (χ0) is 11.0. The van der Waals surface area contributed by atoms with E-state index in [0.29, 0.717) is 11.2 Å². The zero-order valence-electron chi connectivity index (χ0n) is 9.12. The van der Waals surface area contributed by atoms with E-state index in [2.05, 4.69) is 28.5 Å². The molecule has 0 spiro atoms. The molecule has 1 fully saturated rings. The Bertz CT molecular complexity index is 412. The van der Waals surface area contributed by atoms with Gasteiger partial charge in [-0.05, 0) is 37.3 Å². The van der Waals surface area contributed by atoms with Crippen LogP contribution in [-0.2, 0) is 5.54 Å². The van der Waals surface area contributed by atoms with Crippen molar-refractivity contribution in [2.75, 3.05) is 0 Å². The Morgan fingerprint density at radius 1 is 1.38 bits per heavy atom. The summed E-state index contributed by atoms with van der Waals surface area (Å²) < 4.78 is 0. The number of allylic oxidation sites excluding steroid dienone is 1. The Balaban J connectivity index is 2.00. The summed E-state index contributed by atoms with van der Waals surface area (Å²) in [5.41, 5.74) is 1.25. The van der Waals surface area contributed by atoms with Crippen LogP contribution in [0.15, 0.2) is 30.5 Å². The zero-order valence-corrected chi connectivity index (χ0v) is 9.87. The second-order valence-corrected chi connectivity index (χ2v) is 5.09. The van der Waals surface area contributed by atoms with E-state index in [1.54, 1.807) is 0 Å². The molecular formula is C13H15ClN2. The first-order valence-electron chi connectivity index (χ1n) is 5.86. The van der Waals surface area contributed by atoms with Gasteiger partial charge in [-0.3, -0.25) is 0 Å². The highest BCUT2D eigenvalue weighted by Crippen LogP contribution is 2.38. The number of rotatable bonds is 1. The van der Waals surface area contributed by atoms with Crippen LogP contribution in [0.2, 0.25) is 5.15 Å². The fraction of sp³-hybridized carbons (Fsp3) is 0.462. The molecule has 2 bridgehead atoms. The van der Waals surface area contributed by atoms with Gasteiger partial charge in [0.05, 0.1) is 5.54 Å². The highest BCUT2D eigenvalue weighted by molar-refractivity contribution is 6.29. The SMILES string of the molecule is Clc1ccc(C23C=CCCC(CC2)N3)cn1. The van der Waals surface area contributed by atoms with Gasteiger partial charge in [-0.2, -0.15) is 0 Å². The molecule has 3 rings (SSSR count). The number of nitrogens with one attached hydrogen (secondary N) is 1. The molecule has 0 aliphatic carbocycles. The summed E-state index contributed by atoms with van der Waals surface area (Å²) in [6.45, 7) is 0. The van der Waals surface area contributed by atoms with Crippen LogP contribution in [0.3, 0.4) is 0 Å². The van der Waals surface area contributed by atoms with E-state index in [-0.39, 0.29) is 5.54 Å². The molecule has 0 amide bonds. The molecule has 0 radical (unpaired) electrons. The van der Waals surface area contributed by atoms with Crippen LogP contribution in [0.4, 0.5) is 0 Å². The lowest BCUT2D eigenvalue weighted by molar-refractivity contribution is 0.456. The van der Waals surface area contributed by atoms with Gasteiger partial charge in [0.1, 0.15) is 5.15 Å². The largest absolute Gasteiger partial charge is 0.301 e. The van der Waals surface area contributed by atoms with Gasteiger partial charge in [-0.1, -0.05) is 29.8 Å². The molecule has 1 saturated heterocycles. The minimum absolute atomic E-state index is 0.0127. The van der Waals surface area contributed by atoms with E-state index in [1.165, 1.54) is 24.8 Å². The van der Waals surface area contributed by atoms with Crippen LogP contribution < -0.4 is 5.32 Å². The van der Waals surface area contributed by atoms with Gasteiger partial charge >= 0.3 is 0 Å². The molecule has 2 unspecified atom stereocenters. The lowest BCUT2D eigenvalue weighted by atomic mass is 9.88. The van der Waals surface area contributed by atoms with Crippen LogP contribution >= 0.6 is 11.6 Å². The Morgan fingerprint density at radius 2 is 2.31 bits per heavy atom. The molecule has 0 aromatic carbocycles. The third-order valence-corrected chi connectivity index (χ3v) is 3.90. The summed E-state index contributed by atoms with van der Waals surface area (Å²) in [6.07, 6.45) is 11.4. The predicted octanol–water partition coefficient (Wildman–Crippen LogP) is 3.03. The molecule has 0 saturated carbocycles. The van der Waals surface area contributed by atoms with E-state index >= 15 is 0 Å². The molecule has 84 valence electrons. The maximum atomic E-state index is 5.83. The molecule has 2 atom stereocenters. The minimum atomic E-state index is 0.0127. The summed E-state index contributed by atoms with van der Waals surface area (Å²) >= 11 is 5.83.